The van der Waals surface area contributed by atoms with E-state index in [0.29, 0.717) is 36.1 Å². The van der Waals surface area contributed by atoms with E-state index in [2.05, 4.69) is 51.1 Å². The number of nitrogens with zero attached hydrogens (tertiary/aromatic N) is 4. The first-order chi connectivity index (χ1) is 19.8. The number of hydrogen-bond acceptors (Lipinski definition) is 5. The van der Waals surface area contributed by atoms with Gasteiger partial charge in [0.25, 0.3) is 0 Å². The van der Waals surface area contributed by atoms with Crippen molar-refractivity contribution in [2.45, 2.75) is 39.1 Å². The van der Waals surface area contributed by atoms with Gasteiger partial charge in [-0.05, 0) is 36.6 Å². The molecular formula is C33H41Cl2N4O2+. The molecule has 8 heteroatoms. The zero-order valence-corrected chi connectivity index (χ0v) is 25.6. The van der Waals surface area contributed by atoms with Crippen LogP contribution in [0.3, 0.4) is 0 Å². The summed E-state index contributed by atoms with van der Waals surface area (Å²) in [5, 5.41) is 12.5. The summed E-state index contributed by atoms with van der Waals surface area (Å²) in [4.78, 5) is 22.6. The zero-order valence-electron chi connectivity index (χ0n) is 24.0. The van der Waals surface area contributed by atoms with Gasteiger partial charge in [-0.15, -0.1) is 0 Å². The third-order valence-electron chi connectivity index (χ3n) is 8.32. The van der Waals surface area contributed by atoms with E-state index < -0.39 is 6.23 Å². The van der Waals surface area contributed by atoms with Crippen molar-refractivity contribution in [3.63, 3.8) is 0 Å². The number of hydrogen-bond donors (Lipinski definition) is 1. The molecule has 0 aliphatic carbocycles. The highest BCUT2D eigenvalue weighted by molar-refractivity contribution is 6.31. The van der Waals surface area contributed by atoms with Crippen molar-refractivity contribution in [1.29, 1.82) is 0 Å². The van der Waals surface area contributed by atoms with Crippen LogP contribution in [0.2, 0.25) is 10.0 Å². The number of amides is 1. The minimum atomic E-state index is -0.741. The summed E-state index contributed by atoms with van der Waals surface area (Å²) in [5.41, 5.74) is 5.42. The molecule has 2 heterocycles. The van der Waals surface area contributed by atoms with E-state index in [0.717, 1.165) is 61.5 Å². The summed E-state index contributed by atoms with van der Waals surface area (Å²) >= 11 is 11.8. The first-order valence-corrected chi connectivity index (χ1v) is 15.3. The minimum absolute atomic E-state index is 0.140. The number of aliphatic hydroxyl groups is 1. The van der Waals surface area contributed by atoms with Gasteiger partial charge >= 0.3 is 0 Å². The SMILES string of the molecule is Cc1cc(C)cc(C(O)N2CCN(C(=O)CCN3CCN(Cc4ccccc4)CC3)C(c3ccc([ClH+])c(Cl)c3)C2)c1. The first kappa shape index (κ1) is 30.0. The van der Waals surface area contributed by atoms with Crippen molar-refractivity contribution < 1.29 is 21.5 Å². The van der Waals surface area contributed by atoms with Crippen LogP contribution >= 0.6 is 11.6 Å². The van der Waals surface area contributed by atoms with E-state index in [9.17, 15) is 9.90 Å². The Morgan fingerprint density at radius 3 is 2.29 bits per heavy atom. The lowest BCUT2D eigenvalue weighted by atomic mass is 9.99. The average molecular weight is 597 g/mol. The Balaban J connectivity index is 1.22. The highest BCUT2D eigenvalue weighted by atomic mass is 35.5. The molecule has 2 saturated heterocycles. The molecule has 218 valence electrons. The van der Waals surface area contributed by atoms with E-state index in [1.54, 1.807) is 0 Å². The second-order valence-electron chi connectivity index (χ2n) is 11.4. The summed E-state index contributed by atoms with van der Waals surface area (Å²) in [5.74, 6) is 0.140. The summed E-state index contributed by atoms with van der Waals surface area (Å²) in [6.45, 7) is 11.4. The monoisotopic (exact) mass is 595 g/mol. The number of rotatable bonds is 8. The van der Waals surface area contributed by atoms with Gasteiger partial charge in [0.1, 0.15) is 11.3 Å². The van der Waals surface area contributed by atoms with E-state index in [-0.39, 0.29) is 11.9 Å². The molecule has 0 aromatic heterocycles. The fourth-order valence-corrected chi connectivity index (χ4v) is 6.43. The summed E-state index contributed by atoms with van der Waals surface area (Å²) in [6.07, 6.45) is -0.268. The van der Waals surface area contributed by atoms with Gasteiger partial charge in [-0.2, -0.15) is 0 Å². The van der Waals surface area contributed by atoms with Gasteiger partial charge in [0, 0.05) is 71.4 Å². The largest absolute Gasteiger partial charge is 0.374 e. The molecule has 5 rings (SSSR count). The van der Waals surface area contributed by atoms with Crippen LogP contribution in [-0.4, -0.2) is 83.0 Å². The Hall–Kier alpha value is -2.45. The number of aliphatic hydroxyl groups excluding tert-OH is 1. The average Bonchev–Trinajstić information content (AvgIpc) is 2.97. The predicted octanol–water partition coefficient (Wildman–Crippen LogP) is 4.74. The van der Waals surface area contributed by atoms with E-state index >= 15 is 0 Å². The lowest BCUT2D eigenvalue weighted by Crippen LogP contribution is -2.52. The number of benzene rings is 3. The Labute approximate surface area is 254 Å². The Morgan fingerprint density at radius 1 is 0.927 bits per heavy atom. The van der Waals surface area contributed by atoms with Crippen LogP contribution in [-0.2, 0) is 11.3 Å². The second kappa shape index (κ2) is 13.7. The van der Waals surface area contributed by atoms with E-state index in [1.165, 1.54) is 5.56 Å². The van der Waals surface area contributed by atoms with Crippen molar-refractivity contribution in [1.82, 2.24) is 19.6 Å². The molecule has 0 saturated carbocycles. The van der Waals surface area contributed by atoms with Crippen molar-refractivity contribution in [2.24, 2.45) is 0 Å². The van der Waals surface area contributed by atoms with Crippen LogP contribution in [0.4, 0.5) is 0 Å². The summed E-state index contributed by atoms with van der Waals surface area (Å²) < 4.78 is 0. The fourth-order valence-electron chi connectivity index (χ4n) is 6.11. The molecule has 3 aromatic rings. The maximum absolute atomic E-state index is 13.7. The molecule has 2 fully saturated rings. The maximum atomic E-state index is 13.7. The van der Waals surface area contributed by atoms with Crippen LogP contribution in [0.15, 0.2) is 66.7 Å². The van der Waals surface area contributed by atoms with Gasteiger partial charge in [-0.3, -0.25) is 14.6 Å². The number of halogens is 2. The van der Waals surface area contributed by atoms with Gasteiger partial charge in [-0.1, -0.05) is 77.3 Å². The highest BCUT2D eigenvalue weighted by Crippen LogP contribution is 2.33. The molecule has 6 nitrogen and oxygen atoms in total. The number of carbonyl (C=O) groups excluding carboxylic acids is 1. The smallest absolute Gasteiger partial charge is 0.244 e. The maximum Gasteiger partial charge on any atom is 0.244 e. The van der Waals surface area contributed by atoms with E-state index in [4.69, 9.17) is 23.2 Å². The van der Waals surface area contributed by atoms with Crippen LogP contribution < -0.4 is 0 Å². The topological polar surface area (TPSA) is 50.3 Å². The zero-order chi connectivity index (χ0) is 28.9. The molecule has 1 amide bonds. The molecule has 0 radical (unpaired) electrons. The quantitative estimate of drug-likeness (QED) is 0.408. The van der Waals surface area contributed by atoms with Crippen molar-refractivity contribution >= 4 is 17.5 Å². The molecular weight excluding hydrogens is 555 g/mol. The van der Waals surface area contributed by atoms with Crippen LogP contribution in [0, 0.1) is 25.4 Å². The van der Waals surface area contributed by atoms with Gasteiger partial charge < -0.3 is 14.9 Å². The van der Waals surface area contributed by atoms with Crippen LogP contribution in [0.5, 0.6) is 0 Å². The Bertz CT molecular complexity index is 1310. The van der Waals surface area contributed by atoms with Crippen LogP contribution in [0.1, 0.15) is 46.5 Å². The molecule has 2 unspecified atom stereocenters. The van der Waals surface area contributed by atoms with Crippen LogP contribution in [0.25, 0.3) is 0 Å². The fraction of sp³-hybridized carbons (Fsp3) is 0.424. The molecule has 0 spiro atoms. The van der Waals surface area contributed by atoms with Gasteiger partial charge in [0.05, 0.1) is 6.04 Å². The normalized spacial score (nSPS) is 19.8. The number of carbonyl (C=O) groups is 1. The van der Waals surface area contributed by atoms with Gasteiger partial charge in [0.15, 0.2) is 11.6 Å². The van der Waals surface area contributed by atoms with Gasteiger partial charge in [0.2, 0.25) is 10.9 Å². The van der Waals surface area contributed by atoms with Crippen molar-refractivity contribution in [3.8, 4) is 0 Å². The molecule has 3 aromatic carbocycles. The summed E-state index contributed by atoms with van der Waals surface area (Å²) in [6, 6.07) is 22.2. The predicted molar refractivity (Wildman–Crippen MR) is 162 cm³/mol. The molecule has 2 aliphatic rings. The van der Waals surface area contributed by atoms with Crippen molar-refractivity contribution in [3.05, 3.63) is 105 Å². The third kappa shape index (κ3) is 7.69. The molecule has 0 bridgehead atoms. The standard InChI is InChI=1S/C33H41Cl2N4O2/c1-24-18-25(2)20-28(19-24)33(41)38-16-17-39(31(23-38)27-8-9-29(34)30(35)21-27)32(40)10-11-36-12-14-37(15-13-36)22-26-6-4-3-5-7-26/h3-9,18-21,31,33-34,41H,10-17,22-23H2,1-2H3/q+1. The lowest BCUT2D eigenvalue weighted by Gasteiger charge is -2.44. The number of aryl methyl sites for hydroxylation is 2. The lowest BCUT2D eigenvalue weighted by molar-refractivity contribution is -0.288. The Morgan fingerprint density at radius 2 is 1.61 bits per heavy atom. The highest BCUT2D eigenvalue weighted by Gasteiger charge is 2.35. The van der Waals surface area contributed by atoms with Gasteiger partial charge in [-0.25, -0.2) is 0 Å². The Kier molecular flexibility index (Phi) is 10.0. The third-order valence-corrected chi connectivity index (χ3v) is 9.10. The van der Waals surface area contributed by atoms with E-state index in [1.807, 2.05) is 49.1 Å². The number of piperazine rings is 2. The minimum Gasteiger partial charge on any atom is -0.374 e. The second-order valence-corrected chi connectivity index (χ2v) is 12.3. The molecule has 1 N–H and O–H groups in total. The first-order valence-electron chi connectivity index (χ1n) is 14.5. The molecule has 2 atom stereocenters. The van der Waals surface area contributed by atoms with Crippen molar-refractivity contribution in [2.75, 3.05) is 52.4 Å². The summed E-state index contributed by atoms with van der Waals surface area (Å²) in [7, 11) is 0. The molecule has 2 aliphatic heterocycles. The molecule has 41 heavy (non-hydrogen) atoms.